The number of aromatic amines is 1. The van der Waals surface area contributed by atoms with Crippen LogP contribution in [0.25, 0.3) is 11.0 Å². The first-order valence-corrected chi connectivity index (χ1v) is 7.06. The molecule has 0 aliphatic heterocycles. The van der Waals surface area contributed by atoms with E-state index >= 15 is 0 Å². The molecule has 7 heteroatoms. The standard InChI is InChI=1S/C13H12N4O2S/c18-17(19)10-1-2-11-12(7-10)16-13(15-11)14-5-3-9-4-6-20-8-9/h1-2,4,6-8H,3,5H2,(H2,14,15,16). The first kappa shape index (κ1) is 12.6. The van der Waals surface area contributed by atoms with Crippen LogP contribution in [0, 0.1) is 10.1 Å². The smallest absolute Gasteiger partial charge is 0.271 e. The van der Waals surface area contributed by atoms with Gasteiger partial charge < -0.3 is 10.3 Å². The highest BCUT2D eigenvalue weighted by Crippen LogP contribution is 2.20. The highest BCUT2D eigenvalue weighted by atomic mass is 32.1. The molecule has 0 saturated carbocycles. The molecule has 0 saturated heterocycles. The Balaban J connectivity index is 1.70. The van der Waals surface area contributed by atoms with Crippen molar-refractivity contribution in [2.45, 2.75) is 6.42 Å². The van der Waals surface area contributed by atoms with Crippen LogP contribution in [0.5, 0.6) is 0 Å². The molecule has 0 bridgehead atoms. The molecule has 0 fully saturated rings. The van der Waals surface area contributed by atoms with Gasteiger partial charge in [-0.3, -0.25) is 10.1 Å². The molecule has 2 N–H and O–H groups in total. The van der Waals surface area contributed by atoms with E-state index in [0.29, 0.717) is 17.0 Å². The maximum Gasteiger partial charge on any atom is 0.271 e. The van der Waals surface area contributed by atoms with Gasteiger partial charge in [0.25, 0.3) is 5.69 Å². The number of thiophene rings is 1. The van der Waals surface area contributed by atoms with E-state index in [1.807, 2.05) is 0 Å². The molecular weight excluding hydrogens is 276 g/mol. The Morgan fingerprint density at radius 1 is 1.40 bits per heavy atom. The molecule has 0 atom stereocenters. The fourth-order valence-electron chi connectivity index (χ4n) is 1.96. The predicted molar refractivity (Wildman–Crippen MR) is 79.3 cm³/mol. The summed E-state index contributed by atoms with van der Waals surface area (Å²) in [5.41, 5.74) is 2.73. The largest absolute Gasteiger partial charge is 0.355 e. The van der Waals surface area contributed by atoms with Crippen LogP contribution < -0.4 is 5.32 Å². The zero-order chi connectivity index (χ0) is 13.9. The number of nitro groups is 1. The number of fused-ring (bicyclic) bond motifs is 1. The van der Waals surface area contributed by atoms with Crippen molar-refractivity contribution in [3.63, 3.8) is 0 Å². The summed E-state index contributed by atoms with van der Waals surface area (Å²) in [6.07, 6.45) is 0.917. The molecule has 1 aromatic carbocycles. The summed E-state index contributed by atoms with van der Waals surface area (Å²) >= 11 is 1.68. The van der Waals surface area contributed by atoms with Crippen LogP contribution in [0.1, 0.15) is 5.56 Å². The third kappa shape index (κ3) is 2.62. The first-order valence-electron chi connectivity index (χ1n) is 6.11. The third-order valence-corrected chi connectivity index (χ3v) is 3.69. The Hall–Kier alpha value is -2.41. The summed E-state index contributed by atoms with van der Waals surface area (Å²) < 4.78 is 0. The van der Waals surface area contributed by atoms with Gasteiger partial charge in [0.1, 0.15) is 0 Å². The summed E-state index contributed by atoms with van der Waals surface area (Å²) in [6.45, 7) is 0.763. The number of hydrogen-bond acceptors (Lipinski definition) is 5. The lowest BCUT2D eigenvalue weighted by atomic mass is 10.2. The minimum absolute atomic E-state index is 0.0611. The molecule has 0 spiro atoms. The second kappa shape index (κ2) is 5.30. The van der Waals surface area contributed by atoms with Gasteiger partial charge in [-0.15, -0.1) is 0 Å². The Morgan fingerprint density at radius 2 is 2.30 bits per heavy atom. The van der Waals surface area contributed by atoms with Gasteiger partial charge in [-0.25, -0.2) is 4.98 Å². The van der Waals surface area contributed by atoms with Gasteiger partial charge in [-0.05, 0) is 34.9 Å². The summed E-state index contributed by atoms with van der Waals surface area (Å²) in [5.74, 6) is 0.635. The Morgan fingerprint density at radius 3 is 3.05 bits per heavy atom. The average Bonchev–Trinajstić information content (AvgIpc) is 3.06. The molecule has 0 unspecified atom stereocenters. The van der Waals surface area contributed by atoms with Crippen molar-refractivity contribution >= 4 is 34.0 Å². The lowest BCUT2D eigenvalue weighted by Crippen LogP contribution is -2.05. The van der Waals surface area contributed by atoms with Gasteiger partial charge in [0.05, 0.1) is 16.0 Å². The van der Waals surface area contributed by atoms with E-state index in [0.717, 1.165) is 13.0 Å². The van der Waals surface area contributed by atoms with Gasteiger partial charge in [0.15, 0.2) is 0 Å². The fourth-order valence-corrected chi connectivity index (χ4v) is 2.66. The van der Waals surface area contributed by atoms with Gasteiger partial charge in [-0.2, -0.15) is 11.3 Å². The minimum Gasteiger partial charge on any atom is -0.355 e. The van der Waals surface area contributed by atoms with E-state index in [4.69, 9.17) is 0 Å². The van der Waals surface area contributed by atoms with Crippen LogP contribution in [0.15, 0.2) is 35.0 Å². The number of hydrogen-bond donors (Lipinski definition) is 2. The molecule has 0 aliphatic rings. The molecule has 3 aromatic rings. The molecule has 0 aliphatic carbocycles. The summed E-state index contributed by atoms with van der Waals surface area (Å²) in [5, 5.41) is 18.1. The van der Waals surface area contributed by atoms with E-state index in [1.165, 1.54) is 17.7 Å². The maximum atomic E-state index is 10.7. The van der Waals surface area contributed by atoms with Gasteiger partial charge >= 0.3 is 0 Å². The van der Waals surface area contributed by atoms with Crippen molar-refractivity contribution in [3.8, 4) is 0 Å². The first-order chi connectivity index (χ1) is 9.72. The number of non-ortho nitro benzene ring substituents is 1. The second-order valence-electron chi connectivity index (χ2n) is 4.35. The molecule has 3 rings (SSSR count). The summed E-state index contributed by atoms with van der Waals surface area (Å²) in [6, 6.07) is 6.69. The van der Waals surface area contributed by atoms with Crippen LogP contribution in [-0.4, -0.2) is 21.4 Å². The molecule has 6 nitrogen and oxygen atoms in total. The monoisotopic (exact) mass is 288 g/mol. The van der Waals surface area contributed by atoms with E-state index in [9.17, 15) is 10.1 Å². The molecule has 2 heterocycles. The number of imidazole rings is 1. The number of nitro benzene ring substituents is 1. The Bertz CT molecular complexity index is 736. The molecule has 20 heavy (non-hydrogen) atoms. The van der Waals surface area contributed by atoms with Crippen LogP contribution in [-0.2, 0) is 6.42 Å². The van der Waals surface area contributed by atoms with Crippen molar-refractivity contribution < 1.29 is 4.92 Å². The zero-order valence-electron chi connectivity index (χ0n) is 10.5. The molecule has 2 aromatic heterocycles. The van der Waals surface area contributed by atoms with Gasteiger partial charge in [0, 0.05) is 18.7 Å². The number of anilines is 1. The number of rotatable bonds is 5. The second-order valence-corrected chi connectivity index (χ2v) is 5.13. The highest BCUT2D eigenvalue weighted by Gasteiger charge is 2.09. The zero-order valence-corrected chi connectivity index (χ0v) is 11.3. The molecule has 102 valence electrons. The number of nitrogens with zero attached hydrogens (tertiary/aromatic N) is 2. The van der Waals surface area contributed by atoms with Crippen molar-refractivity contribution in [3.05, 3.63) is 50.7 Å². The summed E-state index contributed by atoms with van der Waals surface area (Å²) in [7, 11) is 0. The minimum atomic E-state index is -0.413. The molecule has 0 radical (unpaired) electrons. The fraction of sp³-hybridized carbons (Fsp3) is 0.154. The Kier molecular flexibility index (Phi) is 3.34. The van der Waals surface area contributed by atoms with Crippen LogP contribution in [0.3, 0.4) is 0 Å². The topological polar surface area (TPSA) is 83.8 Å². The van der Waals surface area contributed by atoms with Crippen molar-refractivity contribution in [1.82, 2.24) is 9.97 Å². The predicted octanol–water partition coefficient (Wildman–Crippen LogP) is 3.19. The van der Waals surface area contributed by atoms with Crippen molar-refractivity contribution in [2.75, 3.05) is 11.9 Å². The highest BCUT2D eigenvalue weighted by molar-refractivity contribution is 7.07. The van der Waals surface area contributed by atoms with Crippen LogP contribution in [0.4, 0.5) is 11.6 Å². The quantitative estimate of drug-likeness (QED) is 0.558. The van der Waals surface area contributed by atoms with E-state index < -0.39 is 4.92 Å². The van der Waals surface area contributed by atoms with Crippen molar-refractivity contribution in [1.29, 1.82) is 0 Å². The van der Waals surface area contributed by atoms with Crippen molar-refractivity contribution in [2.24, 2.45) is 0 Å². The average molecular weight is 288 g/mol. The SMILES string of the molecule is O=[N+]([O-])c1ccc2nc(NCCc3ccsc3)[nH]c2c1. The maximum absolute atomic E-state index is 10.7. The van der Waals surface area contributed by atoms with E-state index in [1.54, 1.807) is 17.4 Å². The molecule has 0 amide bonds. The van der Waals surface area contributed by atoms with E-state index in [-0.39, 0.29) is 5.69 Å². The number of nitrogens with one attached hydrogen (secondary N) is 2. The lowest BCUT2D eigenvalue weighted by molar-refractivity contribution is -0.384. The number of H-pyrrole nitrogens is 1. The summed E-state index contributed by atoms with van der Waals surface area (Å²) in [4.78, 5) is 17.7. The lowest BCUT2D eigenvalue weighted by Gasteiger charge is -2.00. The molecular formula is C13H12N4O2S. The van der Waals surface area contributed by atoms with Gasteiger partial charge in [-0.1, -0.05) is 0 Å². The van der Waals surface area contributed by atoms with Crippen LogP contribution >= 0.6 is 11.3 Å². The van der Waals surface area contributed by atoms with Gasteiger partial charge in [0.2, 0.25) is 5.95 Å². The normalized spacial score (nSPS) is 10.8. The number of benzene rings is 1. The van der Waals surface area contributed by atoms with Crippen LogP contribution in [0.2, 0.25) is 0 Å². The van der Waals surface area contributed by atoms with E-state index in [2.05, 4.69) is 32.1 Å². The number of aromatic nitrogens is 2. The Labute approximate surface area is 118 Å². The third-order valence-electron chi connectivity index (χ3n) is 2.96.